The molecule has 0 fully saturated rings. The van der Waals surface area contributed by atoms with Crippen LogP contribution in [0.25, 0.3) is 0 Å². The lowest BCUT2D eigenvalue weighted by atomic mass is 10.3. The van der Waals surface area contributed by atoms with Crippen molar-refractivity contribution in [3.63, 3.8) is 0 Å². The maximum Gasteiger partial charge on any atom is 0.264 e. The zero-order valence-corrected chi connectivity index (χ0v) is 8.13. The Morgan fingerprint density at radius 2 is 2.13 bits per heavy atom. The fourth-order valence-corrected chi connectivity index (χ4v) is 1.05. The van der Waals surface area contributed by atoms with E-state index in [2.05, 4.69) is 0 Å². The van der Waals surface area contributed by atoms with Gasteiger partial charge in [0.25, 0.3) is 5.91 Å². The number of nitrogens with two attached hydrogens (primary N) is 1. The summed E-state index contributed by atoms with van der Waals surface area (Å²) in [6.45, 7) is 0.278. The first-order valence-electron chi connectivity index (χ1n) is 4.45. The number of hydrogen-bond acceptors (Lipinski definition) is 3. The van der Waals surface area contributed by atoms with Crippen molar-refractivity contribution in [3.8, 4) is 6.19 Å². The Labute approximate surface area is 88.2 Å². The Balaban J connectivity index is 2.87. The highest BCUT2D eigenvalue weighted by atomic mass is 16.2. The summed E-state index contributed by atoms with van der Waals surface area (Å²) in [6, 6.07) is 8.73. The van der Waals surface area contributed by atoms with Crippen LogP contribution in [0.15, 0.2) is 42.5 Å². The van der Waals surface area contributed by atoms with E-state index in [9.17, 15) is 4.79 Å². The number of anilines is 1. The van der Waals surface area contributed by atoms with Crippen molar-refractivity contribution in [2.24, 2.45) is 5.73 Å². The average molecular weight is 201 g/mol. The molecular formula is C11H11N3O. The molecule has 0 spiro atoms. The van der Waals surface area contributed by atoms with Gasteiger partial charge in [0.05, 0.1) is 5.69 Å². The lowest BCUT2D eigenvalue weighted by molar-refractivity contribution is -0.113. The van der Waals surface area contributed by atoms with Crippen LogP contribution in [0.2, 0.25) is 0 Å². The first-order valence-corrected chi connectivity index (χ1v) is 4.45. The molecule has 0 aliphatic heterocycles. The molecule has 0 saturated carbocycles. The third kappa shape index (κ3) is 2.93. The number of carbonyl (C=O) groups is 1. The number of rotatable bonds is 3. The van der Waals surface area contributed by atoms with E-state index in [0.717, 1.165) is 4.90 Å². The molecule has 1 aromatic rings. The van der Waals surface area contributed by atoms with Gasteiger partial charge in [-0.3, -0.25) is 4.79 Å². The summed E-state index contributed by atoms with van der Waals surface area (Å²) in [6.07, 6.45) is 4.62. The van der Waals surface area contributed by atoms with Gasteiger partial charge in [0, 0.05) is 12.6 Å². The summed E-state index contributed by atoms with van der Waals surface area (Å²) in [4.78, 5) is 12.5. The Morgan fingerprint density at radius 1 is 1.47 bits per heavy atom. The first kappa shape index (κ1) is 11.0. The van der Waals surface area contributed by atoms with E-state index in [1.807, 2.05) is 12.3 Å². The second kappa shape index (κ2) is 5.58. The quantitative estimate of drug-likeness (QED) is 0.451. The largest absolute Gasteiger partial charge is 0.327 e. The minimum Gasteiger partial charge on any atom is -0.327 e. The SMILES string of the molecule is N#CN(C(=O)/C=C/CN)c1ccccc1. The molecule has 4 heteroatoms. The molecule has 0 heterocycles. The van der Waals surface area contributed by atoms with Crippen molar-refractivity contribution in [2.75, 3.05) is 11.4 Å². The van der Waals surface area contributed by atoms with E-state index in [-0.39, 0.29) is 6.54 Å². The molecular weight excluding hydrogens is 190 g/mol. The number of benzene rings is 1. The zero-order valence-electron chi connectivity index (χ0n) is 8.13. The first-order chi connectivity index (χ1) is 7.29. The Hall–Kier alpha value is -2.12. The van der Waals surface area contributed by atoms with E-state index < -0.39 is 5.91 Å². The summed E-state index contributed by atoms with van der Waals surface area (Å²) in [5.41, 5.74) is 5.76. The fourth-order valence-electron chi connectivity index (χ4n) is 1.05. The van der Waals surface area contributed by atoms with Gasteiger partial charge in [-0.2, -0.15) is 5.26 Å². The summed E-state index contributed by atoms with van der Waals surface area (Å²) < 4.78 is 0. The topological polar surface area (TPSA) is 70.1 Å². The van der Waals surface area contributed by atoms with Crippen LogP contribution in [-0.4, -0.2) is 12.5 Å². The van der Waals surface area contributed by atoms with Crippen LogP contribution < -0.4 is 10.6 Å². The van der Waals surface area contributed by atoms with E-state index in [4.69, 9.17) is 11.0 Å². The summed E-state index contributed by atoms with van der Waals surface area (Å²) >= 11 is 0. The van der Waals surface area contributed by atoms with Gasteiger partial charge in [0.1, 0.15) is 0 Å². The molecule has 0 aromatic heterocycles. The van der Waals surface area contributed by atoms with Gasteiger partial charge in [0.15, 0.2) is 6.19 Å². The number of nitriles is 1. The molecule has 76 valence electrons. The van der Waals surface area contributed by atoms with E-state index in [1.54, 1.807) is 24.3 Å². The van der Waals surface area contributed by atoms with Crippen molar-refractivity contribution >= 4 is 11.6 Å². The minimum absolute atomic E-state index is 0.278. The van der Waals surface area contributed by atoms with Crippen molar-refractivity contribution in [3.05, 3.63) is 42.5 Å². The molecule has 0 aliphatic rings. The smallest absolute Gasteiger partial charge is 0.264 e. The van der Waals surface area contributed by atoms with Crippen LogP contribution in [0.4, 0.5) is 5.69 Å². The Kier molecular flexibility index (Phi) is 4.07. The number of para-hydroxylation sites is 1. The molecule has 0 atom stereocenters. The maximum atomic E-state index is 11.5. The van der Waals surface area contributed by atoms with E-state index in [1.165, 1.54) is 12.2 Å². The van der Waals surface area contributed by atoms with E-state index >= 15 is 0 Å². The number of carbonyl (C=O) groups excluding carboxylic acids is 1. The highest BCUT2D eigenvalue weighted by Gasteiger charge is 2.10. The second-order valence-corrected chi connectivity index (χ2v) is 2.75. The number of amides is 1. The third-order valence-electron chi connectivity index (χ3n) is 1.73. The van der Waals surface area contributed by atoms with Crippen molar-refractivity contribution in [1.29, 1.82) is 5.26 Å². The molecule has 1 amide bonds. The van der Waals surface area contributed by atoms with Gasteiger partial charge in [-0.05, 0) is 12.1 Å². The van der Waals surface area contributed by atoms with Crippen molar-refractivity contribution in [2.45, 2.75) is 0 Å². The van der Waals surface area contributed by atoms with Gasteiger partial charge in [-0.25, -0.2) is 4.90 Å². The maximum absolute atomic E-state index is 11.5. The molecule has 15 heavy (non-hydrogen) atoms. The highest BCUT2D eigenvalue weighted by molar-refractivity contribution is 6.03. The zero-order chi connectivity index (χ0) is 11.1. The van der Waals surface area contributed by atoms with Crippen molar-refractivity contribution < 1.29 is 4.79 Å². The molecule has 1 aromatic carbocycles. The van der Waals surface area contributed by atoms with Gasteiger partial charge < -0.3 is 5.73 Å². The molecule has 0 aliphatic carbocycles. The van der Waals surface area contributed by atoms with E-state index in [0.29, 0.717) is 5.69 Å². The van der Waals surface area contributed by atoms with Crippen LogP contribution in [-0.2, 0) is 4.79 Å². The lowest BCUT2D eigenvalue weighted by Crippen LogP contribution is -2.23. The van der Waals surface area contributed by atoms with Crippen LogP contribution in [0, 0.1) is 11.5 Å². The predicted octanol–water partition coefficient (Wildman–Crippen LogP) is 1.02. The van der Waals surface area contributed by atoms with Crippen LogP contribution >= 0.6 is 0 Å². The molecule has 0 unspecified atom stereocenters. The Morgan fingerprint density at radius 3 is 2.67 bits per heavy atom. The standard InChI is InChI=1S/C11H11N3O/c12-8-4-7-11(15)14(9-13)10-5-2-1-3-6-10/h1-7H,8,12H2/b7-4+. The van der Waals surface area contributed by atoms with Gasteiger partial charge in [-0.1, -0.05) is 24.3 Å². The minimum atomic E-state index is -0.394. The van der Waals surface area contributed by atoms with Gasteiger partial charge in [-0.15, -0.1) is 0 Å². The molecule has 0 bridgehead atoms. The van der Waals surface area contributed by atoms with Crippen molar-refractivity contribution in [1.82, 2.24) is 0 Å². The molecule has 1 rings (SSSR count). The average Bonchev–Trinajstić information content (AvgIpc) is 2.29. The van der Waals surface area contributed by atoms with Gasteiger partial charge in [0.2, 0.25) is 0 Å². The molecule has 0 saturated heterocycles. The fraction of sp³-hybridized carbons (Fsp3) is 0.0909. The normalized spacial score (nSPS) is 9.87. The molecule has 2 N–H and O–H groups in total. The summed E-state index contributed by atoms with van der Waals surface area (Å²) in [7, 11) is 0. The van der Waals surface area contributed by atoms with Crippen LogP contribution in [0.5, 0.6) is 0 Å². The van der Waals surface area contributed by atoms with Gasteiger partial charge >= 0.3 is 0 Å². The Bertz CT molecular complexity index is 392. The lowest BCUT2D eigenvalue weighted by Gasteiger charge is -2.10. The molecule has 4 nitrogen and oxygen atoms in total. The van der Waals surface area contributed by atoms with Crippen LogP contribution in [0.1, 0.15) is 0 Å². The number of hydrogen-bond donors (Lipinski definition) is 1. The third-order valence-corrected chi connectivity index (χ3v) is 1.73. The highest BCUT2D eigenvalue weighted by Crippen LogP contribution is 2.12. The molecule has 0 radical (unpaired) electrons. The second-order valence-electron chi connectivity index (χ2n) is 2.75. The number of nitrogens with zero attached hydrogens (tertiary/aromatic N) is 2. The predicted molar refractivity (Wildman–Crippen MR) is 57.7 cm³/mol. The monoisotopic (exact) mass is 201 g/mol. The summed E-state index contributed by atoms with van der Waals surface area (Å²) in [5, 5.41) is 8.84. The summed E-state index contributed by atoms with van der Waals surface area (Å²) in [5.74, 6) is -0.394. The van der Waals surface area contributed by atoms with Crippen LogP contribution in [0.3, 0.4) is 0 Å².